The number of thiophene rings is 1. The minimum Gasteiger partial charge on any atom is -0.382 e. The highest BCUT2D eigenvalue weighted by molar-refractivity contribution is 7.07. The third-order valence-electron chi connectivity index (χ3n) is 2.24. The second-order valence-corrected chi connectivity index (χ2v) is 5.09. The lowest BCUT2D eigenvalue weighted by atomic mass is 10.2. The molecule has 0 atom stereocenters. The van der Waals surface area contributed by atoms with Crippen molar-refractivity contribution in [3.63, 3.8) is 0 Å². The number of anilines is 2. The molecule has 6 heteroatoms. The second-order valence-electron chi connectivity index (χ2n) is 3.49. The standard InChI is InChI=1S/C11H11Cl2N3S/c12-8-5-9(13)11(16-10(8)14)15-3-1-7-2-4-17-6-7/h2,4-6H,1,3H2,(H3,14,15,16). The van der Waals surface area contributed by atoms with Gasteiger partial charge in [0.25, 0.3) is 0 Å². The summed E-state index contributed by atoms with van der Waals surface area (Å²) in [7, 11) is 0. The van der Waals surface area contributed by atoms with Gasteiger partial charge in [0.15, 0.2) is 0 Å². The maximum Gasteiger partial charge on any atom is 0.147 e. The van der Waals surface area contributed by atoms with Crippen LogP contribution in [0.15, 0.2) is 22.9 Å². The molecule has 0 aliphatic rings. The Hall–Kier alpha value is -0.970. The molecule has 3 nitrogen and oxygen atoms in total. The average molecular weight is 288 g/mol. The Labute approximate surface area is 114 Å². The molecule has 2 aromatic heterocycles. The topological polar surface area (TPSA) is 50.9 Å². The molecule has 0 spiro atoms. The molecule has 2 heterocycles. The van der Waals surface area contributed by atoms with Gasteiger partial charge in [0.1, 0.15) is 11.6 Å². The van der Waals surface area contributed by atoms with Crippen LogP contribution in [0, 0.1) is 0 Å². The Bertz CT molecular complexity index is 500. The molecule has 3 N–H and O–H groups in total. The van der Waals surface area contributed by atoms with Gasteiger partial charge in [0, 0.05) is 6.54 Å². The third-order valence-corrected chi connectivity index (χ3v) is 3.57. The van der Waals surface area contributed by atoms with E-state index in [9.17, 15) is 0 Å². The smallest absolute Gasteiger partial charge is 0.147 e. The highest BCUT2D eigenvalue weighted by atomic mass is 35.5. The summed E-state index contributed by atoms with van der Waals surface area (Å²) in [5.74, 6) is 0.859. The Morgan fingerprint density at radius 3 is 2.88 bits per heavy atom. The van der Waals surface area contributed by atoms with Crippen LogP contribution >= 0.6 is 34.5 Å². The van der Waals surface area contributed by atoms with E-state index >= 15 is 0 Å². The van der Waals surface area contributed by atoms with E-state index in [1.54, 1.807) is 17.4 Å². The van der Waals surface area contributed by atoms with Gasteiger partial charge in [0.2, 0.25) is 0 Å². The number of nitrogens with zero attached hydrogens (tertiary/aromatic N) is 1. The normalized spacial score (nSPS) is 10.5. The molecular formula is C11H11Cl2N3S. The summed E-state index contributed by atoms with van der Waals surface area (Å²) in [6.45, 7) is 0.754. The fourth-order valence-corrected chi connectivity index (χ4v) is 2.49. The van der Waals surface area contributed by atoms with E-state index in [2.05, 4.69) is 27.1 Å². The highest BCUT2D eigenvalue weighted by Crippen LogP contribution is 2.27. The number of pyridine rings is 1. The first-order valence-corrected chi connectivity index (χ1v) is 6.73. The van der Waals surface area contributed by atoms with Gasteiger partial charge in [-0.3, -0.25) is 0 Å². The van der Waals surface area contributed by atoms with Gasteiger partial charge >= 0.3 is 0 Å². The van der Waals surface area contributed by atoms with E-state index in [1.165, 1.54) is 5.56 Å². The van der Waals surface area contributed by atoms with Crippen LogP contribution in [-0.2, 0) is 6.42 Å². The van der Waals surface area contributed by atoms with Gasteiger partial charge in [-0.2, -0.15) is 11.3 Å². The van der Waals surface area contributed by atoms with Crippen LogP contribution in [0.4, 0.5) is 11.6 Å². The third kappa shape index (κ3) is 3.25. The molecule has 0 saturated carbocycles. The monoisotopic (exact) mass is 287 g/mol. The number of halogens is 2. The maximum atomic E-state index is 6.00. The molecule has 0 fully saturated rings. The Morgan fingerprint density at radius 2 is 2.18 bits per heavy atom. The molecule has 0 radical (unpaired) electrons. The number of hydrogen-bond acceptors (Lipinski definition) is 4. The van der Waals surface area contributed by atoms with E-state index in [0.29, 0.717) is 15.9 Å². The number of aromatic nitrogens is 1. The number of nitrogens with two attached hydrogens (primary N) is 1. The molecule has 0 bridgehead atoms. The van der Waals surface area contributed by atoms with E-state index < -0.39 is 0 Å². The minimum atomic E-state index is 0.286. The molecule has 0 aliphatic carbocycles. The zero-order chi connectivity index (χ0) is 12.3. The summed E-state index contributed by atoms with van der Waals surface area (Å²) >= 11 is 13.5. The molecule has 2 rings (SSSR count). The molecule has 0 aromatic carbocycles. The van der Waals surface area contributed by atoms with Gasteiger partial charge < -0.3 is 11.1 Å². The van der Waals surface area contributed by atoms with Crippen molar-refractivity contribution >= 4 is 46.2 Å². The fourth-order valence-electron chi connectivity index (χ4n) is 1.36. The predicted octanol–water partition coefficient (Wildman–Crippen LogP) is 3.69. The first kappa shape index (κ1) is 12.5. The van der Waals surface area contributed by atoms with Crippen LogP contribution in [-0.4, -0.2) is 11.5 Å². The zero-order valence-electron chi connectivity index (χ0n) is 8.91. The molecule has 17 heavy (non-hydrogen) atoms. The molecule has 2 aromatic rings. The number of hydrogen-bond donors (Lipinski definition) is 2. The summed E-state index contributed by atoms with van der Waals surface area (Å²) in [4.78, 5) is 4.10. The molecular weight excluding hydrogens is 277 g/mol. The lowest BCUT2D eigenvalue weighted by Crippen LogP contribution is -2.07. The fraction of sp³-hybridized carbons (Fsp3) is 0.182. The van der Waals surface area contributed by atoms with Crippen molar-refractivity contribution < 1.29 is 0 Å². The summed E-state index contributed by atoms with van der Waals surface area (Å²) in [5, 5.41) is 8.17. The van der Waals surface area contributed by atoms with Crippen LogP contribution in [0.25, 0.3) is 0 Å². The number of nitrogen functional groups attached to an aromatic ring is 1. The zero-order valence-corrected chi connectivity index (χ0v) is 11.2. The largest absolute Gasteiger partial charge is 0.382 e. The van der Waals surface area contributed by atoms with Gasteiger partial charge in [-0.1, -0.05) is 23.2 Å². The minimum absolute atomic E-state index is 0.286. The van der Waals surface area contributed by atoms with Crippen LogP contribution in [0.5, 0.6) is 0 Å². The van der Waals surface area contributed by atoms with E-state index in [1.807, 2.05) is 0 Å². The van der Waals surface area contributed by atoms with E-state index in [-0.39, 0.29) is 5.82 Å². The van der Waals surface area contributed by atoms with E-state index in [4.69, 9.17) is 28.9 Å². The van der Waals surface area contributed by atoms with E-state index in [0.717, 1.165) is 13.0 Å². The maximum absolute atomic E-state index is 6.00. The summed E-state index contributed by atoms with van der Waals surface area (Å²) in [5.41, 5.74) is 6.91. The lowest BCUT2D eigenvalue weighted by molar-refractivity contribution is 1.01. The van der Waals surface area contributed by atoms with Crippen molar-refractivity contribution in [3.8, 4) is 0 Å². The average Bonchev–Trinajstić information content (AvgIpc) is 2.78. The van der Waals surface area contributed by atoms with Crippen molar-refractivity contribution in [3.05, 3.63) is 38.5 Å². The van der Waals surface area contributed by atoms with Crippen molar-refractivity contribution in [2.24, 2.45) is 0 Å². The Balaban J connectivity index is 1.97. The quantitative estimate of drug-likeness (QED) is 0.902. The molecule has 0 aliphatic heterocycles. The summed E-state index contributed by atoms with van der Waals surface area (Å²) in [6, 6.07) is 3.69. The highest BCUT2D eigenvalue weighted by Gasteiger charge is 2.06. The first-order valence-electron chi connectivity index (χ1n) is 5.03. The number of nitrogens with one attached hydrogen (secondary N) is 1. The van der Waals surface area contributed by atoms with Gasteiger partial charge in [-0.25, -0.2) is 4.98 Å². The van der Waals surface area contributed by atoms with Crippen LogP contribution in [0.1, 0.15) is 5.56 Å². The van der Waals surface area contributed by atoms with Gasteiger partial charge in [-0.05, 0) is 34.9 Å². The molecule has 90 valence electrons. The van der Waals surface area contributed by atoms with Crippen molar-refractivity contribution in [1.82, 2.24) is 4.98 Å². The van der Waals surface area contributed by atoms with Crippen LogP contribution < -0.4 is 11.1 Å². The summed E-state index contributed by atoms with van der Waals surface area (Å²) < 4.78 is 0. The first-order chi connectivity index (χ1) is 8.16. The van der Waals surface area contributed by atoms with Gasteiger partial charge in [-0.15, -0.1) is 0 Å². The predicted molar refractivity (Wildman–Crippen MR) is 75.2 cm³/mol. The van der Waals surface area contributed by atoms with Crippen molar-refractivity contribution in [2.45, 2.75) is 6.42 Å². The molecule has 0 saturated heterocycles. The van der Waals surface area contributed by atoms with Crippen LogP contribution in [0.2, 0.25) is 10.0 Å². The Morgan fingerprint density at radius 1 is 1.35 bits per heavy atom. The van der Waals surface area contributed by atoms with Gasteiger partial charge in [0.05, 0.1) is 10.0 Å². The summed E-state index contributed by atoms with van der Waals surface area (Å²) in [6.07, 6.45) is 0.921. The molecule has 0 amide bonds. The van der Waals surface area contributed by atoms with Crippen molar-refractivity contribution in [1.29, 1.82) is 0 Å². The molecule has 0 unspecified atom stereocenters. The number of rotatable bonds is 4. The lowest BCUT2D eigenvalue weighted by Gasteiger charge is -2.08. The Kier molecular flexibility index (Phi) is 4.10. The SMILES string of the molecule is Nc1nc(NCCc2ccsc2)c(Cl)cc1Cl. The van der Waals surface area contributed by atoms with Crippen molar-refractivity contribution in [2.75, 3.05) is 17.6 Å². The second kappa shape index (κ2) is 5.58. The van der Waals surface area contributed by atoms with Crippen LogP contribution in [0.3, 0.4) is 0 Å².